The molecule has 1 N–H and O–H groups in total. The summed E-state index contributed by atoms with van der Waals surface area (Å²) >= 11 is 0. The maximum atomic E-state index is 13.1. The van der Waals surface area contributed by atoms with E-state index in [-0.39, 0.29) is 22.9 Å². The SMILES string of the molecule is COc1cc(C(=O)N2CCC(c3c[nH]c4ccccc34)CC2)c([N+](=O)[O-])cc1OC. The van der Waals surface area contributed by atoms with Gasteiger partial charge in [-0.3, -0.25) is 14.9 Å². The number of likely N-dealkylation sites (tertiary alicyclic amines) is 1. The van der Waals surface area contributed by atoms with Crippen molar-refractivity contribution in [1.82, 2.24) is 9.88 Å². The fourth-order valence-electron chi connectivity index (χ4n) is 4.19. The second-order valence-corrected chi connectivity index (χ2v) is 7.34. The topological polar surface area (TPSA) is 97.7 Å². The molecule has 8 heteroatoms. The van der Waals surface area contributed by atoms with Gasteiger partial charge >= 0.3 is 0 Å². The predicted octanol–water partition coefficient (Wildman–Crippen LogP) is 4.11. The van der Waals surface area contributed by atoms with E-state index in [0.29, 0.717) is 24.8 Å². The molecule has 1 fully saturated rings. The summed E-state index contributed by atoms with van der Waals surface area (Å²) in [7, 11) is 2.84. The molecule has 2 heterocycles. The molecule has 0 saturated carbocycles. The quantitative estimate of drug-likeness (QED) is 0.505. The molecular weight excluding hydrogens is 386 g/mol. The van der Waals surface area contributed by atoms with Crippen LogP contribution in [0.5, 0.6) is 11.5 Å². The minimum atomic E-state index is -0.562. The van der Waals surface area contributed by atoms with Gasteiger partial charge in [0.15, 0.2) is 11.5 Å². The molecule has 156 valence electrons. The monoisotopic (exact) mass is 409 g/mol. The zero-order valence-electron chi connectivity index (χ0n) is 16.9. The third-order valence-electron chi connectivity index (χ3n) is 5.77. The molecule has 1 amide bonds. The fraction of sp³-hybridized carbons (Fsp3) is 0.318. The van der Waals surface area contributed by atoms with Gasteiger partial charge in [-0.05, 0) is 30.4 Å². The highest BCUT2D eigenvalue weighted by Crippen LogP contribution is 2.37. The van der Waals surface area contributed by atoms with Gasteiger partial charge in [-0.1, -0.05) is 18.2 Å². The van der Waals surface area contributed by atoms with Crippen LogP contribution in [0.25, 0.3) is 10.9 Å². The molecule has 0 spiro atoms. The molecule has 4 rings (SSSR count). The summed E-state index contributed by atoms with van der Waals surface area (Å²) in [5, 5.41) is 12.7. The van der Waals surface area contributed by atoms with Crippen LogP contribution in [0.3, 0.4) is 0 Å². The first-order chi connectivity index (χ1) is 14.5. The van der Waals surface area contributed by atoms with Crippen LogP contribution in [-0.2, 0) is 0 Å². The number of carbonyl (C=O) groups is 1. The molecule has 0 radical (unpaired) electrons. The number of nitro benzene ring substituents is 1. The van der Waals surface area contributed by atoms with E-state index in [9.17, 15) is 14.9 Å². The Labute approximate surface area is 173 Å². The average molecular weight is 409 g/mol. The Hall–Kier alpha value is -3.55. The van der Waals surface area contributed by atoms with Crippen LogP contribution in [0.1, 0.15) is 34.7 Å². The normalized spacial score (nSPS) is 14.7. The number of carbonyl (C=O) groups excluding carboxylic acids is 1. The van der Waals surface area contributed by atoms with E-state index in [2.05, 4.69) is 11.1 Å². The van der Waals surface area contributed by atoms with Crippen LogP contribution in [0.2, 0.25) is 0 Å². The number of aromatic nitrogens is 1. The summed E-state index contributed by atoms with van der Waals surface area (Å²) in [6.45, 7) is 1.07. The third-order valence-corrected chi connectivity index (χ3v) is 5.77. The zero-order chi connectivity index (χ0) is 21.3. The molecule has 0 bridgehead atoms. The summed E-state index contributed by atoms with van der Waals surface area (Å²) < 4.78 is 10.4. The van der Waals surface area contributed by atoms with Gasteiger partial charge in [0.1, 0.15) is 5.56 Å². The van der Waals surface area contributed by atoms with Crippen molar-refractivity contribution in [2.75, 3.05) is 27.3 Å². The third kappa shape index (κ3) is 3.45. The van der Waals surface area contributed by atoms with Crippen LogP contribution in [0.15, 0.2) is 42.6 Å². The van der Waals surface area contributed by atoms with Crippen molar-refractivity contribution in [3.05, 3.63) is 63.8 Å². The Balaban J connectivity index is 1.55. The average Bonchev–Trinajstić information content (AvgIpc) is 3.22. The lowest BCUT2D eigenvalue weighted by atomic mass is 9.89. The Bertz CT molecular complexity index is 1100. The lowest BCUT2D eigenvalue weighted by Crippen LogP contribution is -2.38. The standard InChI is InChI=1S/C22H23N3O5/c1-29-20-11-16(19(25(27)28)12-21(20)30-2)22(26)24-9-7-14(8-10-24)17-13-23-18-6-4-3-5-15(17)18/h3-6,11-14,23H,7-10H2,1-2H3. The van der Waals surface area contributed by atoms with Crippen LogP contribution in [0.4, 0.5) is 5.69 Å². The van der Waals surface area contributed by atoms with Crippen LogP contribution in [-0.4, -0.2) is 48.0 Å². The molecule has 1 aromatic heterocycles. The number of benzene rings is 2. The molecule has 3 aromatic rings. The minimum absolute atomic E-state index is 0.0168. The first kappa shape index (κ1) is 19.8. The van der Waals surface area contributed by atoms with E-state index in [4.69, 9.17) is 9.47 Å². The van der Waals surface area contributed by atoms with E-state index in [1.165, 1.54) is 37.3 Å². The number of hydrogen-bond donors (Lipinski definition) is 1. The second kappa shape index (κ2) is 8.06. The molecule has 0 unspecified atom stereocenters. The first-order valence-corrected chi connectivity index (χ1v) is 9.79. The summed E-state index contributed by atoms with van der Waals surface area (Å²) in [5.41, 5.74) is 2.10. The van der Waals surface area contributed by atoms with E-state index >= 15 is 0 Å². The largest absolute Gasteiger partial charge is 0.493 e. The van der Waals surface area contributed by atoms with Gasteiger partial charge in [-0.15, -0.1) is 0 Å². The van der Waals surface area contributed by atoms with Gasteiger partial charge in [-0.2, -0.15) is 0 Å². The van der Waals surface area contributed by atoms with Gasteiger partial charge in [0.05, 0.1) is 25.2 Å². The van der Waals surface area contributed by atoms with Crippen molar-refractivity contribution in [2.24, 2.45) is 0 Å². The van der Waals surface area contributed by atoms with Gasteiger partial charge in [0.25, 0.3) is 11.6 Å². The molecular formula is C22H23N3O5. The van der Waals surface area contributed by atoms with E-state index < -0.39 is 4.92 Å². The number of nitrogens with one attached hydrogen (secondary N) is 1. The van der Waals surface area contributed by atoms with Crippen molar-refractivity contribution in [1.29, 1.82) is 0 Å². The van der Waals surface area contributed by atoms with E-state index in [1.807, 2.05) is 24.4 Å². The minimum Gasteiger partial charge on any atom is -0.493 e. The highest BCUT2D eigenvalue weighted by molar-refractivity contribution is 5.99. The van der Waals surface area contributed by atoms with Crippen molar-refractivity contribution >= 4 is 22.5 Å². The number of ether oxygens (including phenoxy) is 2. The molecule has 0 atom stereocenters. The van der Waals surface area contributed by atoms with Crippen molar-refractivity contribution in [3.63, 3.8) is 0 Å². The number of para-hydroxylation sites is 1. The Morgan fingerprint density at radius 3 is 2.47 bits per heavy atom. The maximum absolute atomic E-state index is 13.1. The summed E-state index contributed by atoms with van der Waals surface area (Å²) in [4.78, 5) is 29.1. The number of methoxy groups -OCH3 is 2. The lowest BCUT2D eigenvalue weighted by Gasteiger charge is -2.32. The number of aromatic amines is 1. The van der Waals surface area contributed by atoms with E-state index in [0.717, 1.165) is 18.4 Å². The van der Waals surface area contributed by atoms with Crippen molar-refractivity contribution in [2.45, 2.75) is 18.8 Å². The fourth-order valence-corrected chi connectivity index (χ4v) is 4.19. The van der Waals surface area contributed by atoms with Crippen LogP contribution in [0, 0.1) is 10.1 Å². The lowest BCUT2D eigenvalue weighted by molar-refractivity contribution is -0.385. The van der Waals surface area contributed by atoms with E-state index in [1.54, 1.807) is 4.90 Å². The summed E-state index contributed by atoms with van der Waals surface area (Å²) in [5.74, 6) is 0.490. The molecule has 1 aliphatic heterocycles. The number of amides is 1. The number of piperidine rings is 1. The highest BCUT2D eigenvalue weighted by Gasteiger charge is 2.31. The summed E-state index contributed by atoms with van der Waals surface area (Å²) in [6.07, 6.45) is 3.65. The molecule has 1 aliphatic rings. The summed E-state index contributed by atoms with van der Waals surface area (Å²) in [6, 6.07) is 10.8. The molecule has 0 aliphatic carbocycles. The number of rotatable bonds is 5. The van der Waals surface area contributed by atoms with Crippen LogP contribution < -0.4 is 9.47 Å². The van der Waals surface area contributed by atoms with Crippen molar-refractivity contribution in [3.8, 4) is 11.5 Å². The number of fused-ring (bicyclic) bond motifs is 1. The number of nitro groups is 1. The molecule has 8 nitrogen and oxygen atoms in total. The van der Waals surface area contributed by atoms with Gasteiger partial charge in [-0.25, -0.2) is 0 Å². The highest BCUT2D eigenvalue weighted by atomic mass is 16.6. The Morgan fingerprint density at radius 1 is 1.13 bits per heavy atom. The zero-order valence-corrected chi connectivity index (χ0v) is 16.9. The van der Waals surface area contributed by atoms with Gasteiger partial charge < -0.3 is 19.4 Å². The van der Waals surface area contributed by atoms with Crippen molar-refractivity contribution < 1.29 is 19.2 Å². The molecule has 1 saturated heterocycles. The van der Waals surface area contributed by atoms with Crippen LogP contribution >= 0.6 is 0 Å². The van der Waals surface area contributed by atoms with Gasteiger partial charge in [0, 0.05) is 36.3 Å². The molecule has 2 aromatic carbocycles. The number of nitrogens with zero attached hydrogens (tertiary/aromatic N) is 2. The number of hydrogen-bond acceptors (Lipinski definition) is 5. The van der Waals surface area contributed by atoms with Gasteiger partial charge in [0.2, 0.25) is 0 Å². The molecule has 30 heavy (non-hydrogen) atoms. The second-order valence-electron chi connectivity index (χ2n) is 7.34. The smallest absolute Gasteiger partial charge is 0.286 e. The predicted molar refractivity (Wildman–Crippen MR) is 112 cm³/mol. The Morgan fingerprint density at radius 2 is 1.80 bits per heavy atom. The number of H-pyrrole nitrogens is 1. The Kier molecular flexibility index (Phi) is 5.31. The maximum Gasteiger partial charge on any atom is 0.286 e. The first-order valence-electron chi connectivity index (χ1n) is 9.79.